The summed E-state index contributed by atoms with van der Waals surface area (Å²) in [5, 5.41) is 0. The van der Waals surface area contributed by atoms with Gasteiger partial charge >= 0.3 is 6.18 Å². The van der Waals surface area contributed by atoms with E-state index in [2.05, 4.69) is 0 Å². The van der Waals surface area contributed by atoms with Gasteiger partial charge in [-0.2, -0.15) is 13.2 Å². The highest BCUT2D eigenvalue weighted by molar-refractivity contribution is 4.84. The number of allylic oxidation sites excluding steroid dienone is 1. The van der Waals surface area contributed by atoms with Crippen LogP contribution in [0.25, 0.3) is 0 Å². The standard InChI is InChI=1S/C5H8F3N/c6-5(7,8)3-1-2-4-9/h1-2H,3-4,9H2/b2-1-. The van der Waals surface area contributed by atoms with Crippen LogP contribution in [0.3, 0.4) is 0 Å². The second-order valence-corrected chi connectivity index (χ2v) is 1.53. The maximum atomic E-state index is 11.3. The van der Waals surface area contributed by atoms with Gasteiger partial charge in [-0.25, -0.2) is 0 Å². The van der Waals surface area contributed by atoms with E-state index in [0.29, 0.717) is 0 Å². The summed E-state index contributed by atoms with van der Waals surface area (Å²) < 4.78 is 33.9. The van der Waals surface area contributed by atoms with Gasteiger partial charge in [0.25, 0.3) is 0 Å². The first-order valence-electron chi connectivity index (χ1n) is 2.48. The van der Waals surface area contributed by atoms with Crippen molar-refractivity contribution < 1.29 is 13.2 Å². The molecular formula is C5H8F3N. The average molecular weight is 139 g/mol. The van der Waals surface area contributed by atoms with Crippen LogP contribution in [0.4, 0.5) is 13.2 Å². The Labute approximate surface area is 51.3 Å². The molecule has 0 amide bonds. The van der Waals surface area contributed by atoms with E-state index in [4.69, 9.17) is 5.73 Å². The van der Waals surface area contributed by atoms with Crippen molar-refractivity contribution in [2.75, 3.05) is 6.54 Å². The molecule has 0 aromatic carbocycles. The molecule has 0 aromatic rings. The summed E-state index contributed by atoms with van der Waals surface area (Å²) in [6, 6.07) is 0. The largest absolute Gasteiger partial charge is 0.392 e. The van der Waals surface area contributed by atoms with Crippen LogP contribution in [0.15, 0.2) is 12.2 Å². The number of nitrogens with two attached hydrogens (primary N) is 1. The van der Waals surface area contributed by atoms with Crippen LogP contribution in [0.5, 0.6) is 0 Å². The first-order chi connectivity index (χ1) is 4.06. The first-order valence-corrected chi connectivity index (χ1v) is 2.48. The average Bonchev–Trinajstić information content (AvgIpc) is 1.63. The Bertz CT molecular complexity index is 94.9. The van der Waals surface area contributed by atoms with Gasteiger partial charge in [0.05, 0.1) is 6.42 Å². The fraction of sp³-hybridized carbons (Fsp3) is 0.600. The minimum atomic E-state index is -4.09. The zero-order chi connectivity index (χ0) is 7.33. The van der Waals surface area contributed by atoms with E-state index < -0.39 is 12.6 Å². The molecule has 2 N–H and O–H groups in total. The van der Waals surface area contributed by atoms with Crippen molar-refractivity contribution >= 4 is 0 Å². The van der Waals surface area contributed by atoms with Crippen molar-refractivity contribution in [1.29, 1.82) is 0 Å². The molecule has 0 fully saturated rings. The molecule has 0 radical (unpaired) electrons. The van der Waals surface area contributed by atoms with E-state index in [-0.39, 0.29) is 6.54 Å². The Kier molecular flexibility index (Phi) is 3.30. The van der Waals surface area contributed by atoms with E-state index >= 15 is 0 Å². The van der Waals surface area contributed by atoms with Gasteiger partial charge in [-0.1, -0.05) is 12.2 Å². The summed E-state index contributed by atoms with van der Waals surface area (Å²) in [7, 11) is 0. The molecule has 0 bridgehead atoms. The lowest BCUT2D eigenvalue weighted by atomic mass is 10.4. The number of halogens is 3. The van der Waals surface area contributed by atoms with Crippen molar-refractivity contribution in [2.24, 2.45) is 5.73 Å². The van der Waals surface area contributed by atoms with E-state index in [9.17, 15) is 13.2 Å². The van der Waals surface area contributed by atoms with Gasteiger partial charge in [-0.05, 0) is 0 Å². The molecular weight excluding hydrogens is 131 g/mol. The number of hydrogen-bond donors (Lipinski definition) is 1. The Morgan fingerprint density at radius 3 is 2.11 bits per heavy atom. The highest BCUT2D eigenvalue weighted by Gasteiger charge is 2.24. The van der Waals surface area contributed by atoms with Crippen LogP contribution in [0.2, 0.25) is 0 Å². The molecule has 0 aliphatic rings. The highest BCUT2D eigenvalue weighted by Crippen LogP contribution is 2.19. The third-order valence-corrected chi connectivity index (χ3v) is 0.652. The lowest BCUT2D eigenvalue weighted by molar-refractivity contribution is -0.125. The molecule has 1 nitrogen and oxygen atoms in total. The quantitative estimate of drug-likeness (QED) is 0.576. The second-order valence-electron chi connectivity index (χ2n) is 1.53. The SMILES string of the molecule is NC/C=C\CC(F)(F)F. The van der Waals surface area contributed by atoms with Crippen LogP contribution in [0, 0.1) is 0 Å². The molecule has 0 aromatic heterocycles. The van der Waals surface area contributed by atoms with Gasteiger partial charge in [0.1, 0.15) is 0 Å². The molecule has 0 spiro atoms. The molecule has 0 heterocycles. The minimum absolute atomic E-state index is 0.163. The fourth-order valence-corrected chi connectivity index (χ4v) is 0.313. The van der Waals surface area contributed by atoms with Gasteiger partial charge in [0.15, 0.2) is 0 Å². The normalized spacial score (nSPS) is 12.9. The third kappa shape index (κ3) is 7.49. The number of rotatable bonds is 2. The van der Waals surface area contributed by atoms with Gasteiger partial charge in [-0.15, -0.1) is 0 Å². The topological polar surface area (TPSA) is 26.0 Å². The smallest absolute Gasteiger partial charge is 0.327 e. The lowest BCUT2D eigenvalue weighted by Crippen LogP contribution is -2.04. The summed E-state index contributed by atoms with van der Waals surface area (Å²) in [6.45, 7) is 0.163. The van der Waals surface area contributed by atoms with Crippen molar-refractivity contribution in [1.82, 2.24) is 0 Å². The molecule has 0 saturated carbocycles. The zero-order valence-electron chi connectivity index (χ0n) is 4.78. The summed E-state index contributed by atoms with van der Waals surface area (Å²) >= 11 is 0. The Morgan fingerprint density at radius 1 is 1.22 bits per heavy atom. The van der Waals surface area contributed by atoms with Gasteiger partial charge in [0, 0.05) is 6.54 Å². The lowest BCUT2D eigenvalue weighted by Gasteiger charge is -1.99. The molecule has 0 rings (SSSR count). The van der Waals surface area contributed by atoms with E-state index in [1.165, 1.54) is 6.08 Å². The van der Waals surface area contributed by atoms with E-state index in [1.54, 1.807) is 0 Å². The van der Waals surface area contributed by atoms with Crippen LogP contribution in [0.1, 0.15) is 6.42 Å². The molecule has 54 valence electrons. The monoisotopic (exact) mass is 139 g/mol. The summed E-state index contributed by atoms with van der Waals surface area (Å²) in [5.74, 6) is 0. The molecule has 0 saturated heterocycles. The van der Waals surface area contributed by atoms with Crippen molar-refractivity contribution in [3.8, 4) is 0 Å². The van der Waals surface area contributed by atoms with Crippen molar-refractivity contribution in [3.63, 3.8) is 0 Å². The van der Waals surface area contributed by atoms with Crippen LogP contribution in [-0.2, 0) is 0 Å². The predicted octanol–water partition coefficient (Wildman–Crippen LogP) is 1.45. The Hall–Kier alpha value is -0.510. The molecule has 0 aliphatic carbocycles. The van der Waals surface area contributed by atoms with Crippen LogP contribution >= 0.6 is 0 Å². The van der Waals surface area contributed by atoms with E-state index in [0.717, 1.165) is 6.08 Å². The molecule has 0 aliphatic heterocycles. The highest BCUT2D eigenvalue weighted by atomic mass is 19.4. The Morgan fingerprint density at radius 2 is 1.78 bits per heavy atom. The molecule has 0 unspecified atom stereocenters. The summed E-state index contributed by atoms with van der Waals surface area (Å²) in [5.41, 5.74) is 4.90. The predicted molar refractivity (Wildman–Crippen MR) is 28.9 cm³/mol. The zero-order valence-corrected chi connectivity index (χ0v) is 4.78. The maximum absolute atomic E-state index is 11.3. The molecule has 0 atom stereocenters. The van der Waals surface area contributed by atoms with Crippen molar-refractivity contribution in [3.05, 3.63) is 12.2 Å². The minimum Gasteiger partial charge on any atom is -0.327 e. The number of alkyl halides is 3. The van der Waals surface area contributed by atoms with Gasteiger partial charge in [0.2, 0.25) is 0 Å². The maximum Gasteiger partial charge on any atom is 0.392 e. The van der Waals surface area contributed by atoms with Gasteiger partial charge in [-0.3, -0.25) is 0 Å². The summed E-state index contributed by atoms with van der Waals surface area (Å²) in [4.78, 5) is 0. The first kappa shape index (κ1) is 8.49. The Balaban J connectivity index is 3.38. The van der Waals surface area contributed by atoms with Crippen LogP contribution in [-0.4, -0.2) is 12.7 Å². The number of hydrogen-bond acceptors (Lipinski definition) is 1. The molecule has 9 heavy (non-hydrogen) atoms. The second kappa shape index (κ2) is 3.50. The van der Waals surface area contributed by atoms with Crippen molar-refractivity contribution in [2.45, 2.75) is 12.6 Å². The van der Waals surface area contributed by atoms with Gasteiger partial charge < -0.3 is 5.73 Å². The molecule has 4 heteroatoms. The fourth-order valence-electron chi connectivity index (χ4n) is 0.313. The third-order valence-electron chi connectivity index (χ3n) is 0.652. The van der Waals surface area contributed by atoms with Crippen LogP contribution < -0.4 is 5.73 Å². The summed E-state index contributed by atoms with van der Waals surface area (Å²) in [6.07, 6.45) is -2.68. The van der Waals surface area contributed by atoms with E-state index in [1.807, 2.05) is 0 Å².